The largest absolute Gasteiger partial charge is 0.466 e. The molecule has 0 fully saturated rings. The number of allylic oxidation sites excluding steroid dienone is 4. The molecule has 570 valence electrons. The molecule has 6 heteroatoms. The van der Waals surface area contributed by atoms with Crippen molar-refractivity contribution in [3.8, 4) is 0 Å². The fourth-order valence-electron chi connectivity index (χ4n) is 14.5. The topological polar surface area (TPSA) is 95.9 Å². The molecule has 0 aromatic heterocycles. The number of unbranched alkanes of at least 4 members (excludes halogenated alkanes) is 70. The molecule has 0 spiro atoms. The van der Waals surface area contributed by atoms with E-state index in [1.165, 1.54) is 430 Å². The normalized spacial score (nSPS) is 12.5. The Kier molecular flexibility index (Phi) is 84.3. The monoisotopic (exact) mass is 1350 g/mol. The number of hydrogen-bond acceptors (Lipinski definition) is 5. The van der Waals surface area contributed by atoms with E-state index in [4.69, 9.17) is 4.74 Å². The number of carbonyl (C=O) groups is 2. The van der Waals surface area contributed by atoms with Crippen LogP contribution in [0.4, 0.5) is 0 Å². The van der Waals surface area contributed by atoms with E-state index in [0.717, 1.165) is 51.4 Å². The molecule has 3 N–H and O–H groups in total. The third-order valence-corrected chi connectivity index (χ3v) is 21.3. The fraction of sp³-hybridized carbons (Fsp3) is 0.933. The van der Waals surface area contributed by atoms with Crippen molar-refractivity contribution in [3.05, 3.63) is 24.3 Å². The highest BCUT2D eigenvalue weighted by atomic mass is 16.5. The predicted molar refractivity (Wildman–Crippen MR) is 426 cm³/mol. The number of rotatable bonds is 85. The van der Waals surface area contributed by atoms with Crippen LogP contribution in [-0.4, -0.2) is 47.4 Å². The molecule has 96 heavy (non-hydrogen) atoms. The summed E-state index contributed by atoms with van der Waals surface area (Å²) in [7, 11) is 0. The molecular weight excluding hydrogens is 1170 g/mol. The number of aliphatic hydroxyl groups is 2. The molecule has 0 aliphatic carbocycles. The Morgan fingerprint density at radius 3 is 0.812 bits per heavy atom. The maximum Gasteiger partial charge on any atom is 0.305 e. The van der Waals surface area contributed by atoms with Crippen molar-refractivity contribution in [3.63, 3.8) is 0 Å². The van der Waals surface area contributed by atoms with Gasteiger partial charge in [0.1, 0.15) is 0 Å². The van der Waals surface area contributed by atoms with Gasteiger partial charge in [0.25, 0.3) is 0 Å². The van der Waals surface area contributed by atoms with E-state index in [1.807, 2.05) is 0 Å². The van der Waals surface area contributed by atoms with Crippen molar-refractivity contribution in [2.24, 2.45) is 0 Å². The third-order valence-electron chi connectivity index (χ3n) is 21.3. The van der Waals surface area contributed by atoms with Crippen LogP contribution in [0, 0.1) is 0 Å². The van der Waals surface area contributed by atoms with Crippen molar-refractivity contribution in [1.82, 2.24) is 5.32 Å². The van der Waals surface area contributed by atoms with Crippen molar-refractivity contribution in [2.45, 2.75) is 527 Å². The van der Waals surface area contributed by atoms with Crippen LogP contribution in [0.25, 0.3) is 0 Å². The van der Waals surface area contributed by atoms with E-state index in [2.05, 4.69) is 43.5 Å². The predicted octanol–water partition coefficient (Wildman–Crippen LogP) is 29.9. The van der Waals surface area contributed by atoms with Crippen LogP contribution in [0.5, 0.6) is 0 Å². The van der Waals surface area contributed by atoms with Gasteiger partial charge in [-0.1, -0.05) is 468 Å². The van der Waals surface area contributed by atoms with Crippen LogP contribution >= 0.6 is 0 Å². The minimum Gasteiger partial charge on any atom is -0.466 e. The second-order valence-corrected chi connectivity index (χ2v) is 30.9. The number of hydrogen-bond donors (Lipinski definition) is 3. The van der Waals surface area contributed by atoms with Crippen molar-refractivity contribution >= 4 is 11.9 Å². The molecule has 0 radical (unpaired) electrons. The van der Waals surface area contributed by atoms with Crippen LogP contribution in [0.3, 0.4) is 0 Å². The van der Waals surface area contributed by atoms with Gasteiger partial charge in [-0.2, -0.15) is 0 Å². The standard InChI is InChI=1S/C90H175NO5/c1-3-5-7-9-11-13-15-17-19-21-22-23-41-44-47-51-54-58-62-66-70-74-78-82-88(93)87(86-92)91-89(94)83-79-75-71-67-63-59-55-52-48-45-42-39-37-35-33-31-29-27-25-24-26-28-30-32-34-36-38-40-43-46-49-53-57-61-65-69-73-77-81-85-96-90(95)84-80-76-72-68-64-60-56-50-20-18-16-14-12-10-8-6-4-2/h12,14,18,20,87-88,92-93H,3-11,13,15-17,19,21-86H2,1-2H3,(H,91,94)/b14-12-,20-18-. The van der Waals surface area contributed by atoms with Gasteiger partial charge in [-0.15, -0.1) is 0 Å². The van der Waals surface area contributed by atoms with Gasteiger partial charge in [0.05, 0.1) is 25.4 Å². The highest BCUT2D eigenvalue weighted by Crippen LogP contribution is 2.21. The van der Waals surface area contributed by atoms with E-state index in [-0.39, 0.29) is 18.5 Å². The second kappa shape index (κ2) is 85.8. The lowest BCUT2D eigenvalue weighted by atomic mass is 10.0. The molecule has 0 aliphatic heterocycles. The molecule has 0 heterocycles. The molecule has 0 bridgehead atoms. The molecule has 2 atom stereocenters. The molecule has 0 aromatic carbocycles. The van der Waals surface area contributed by atoms with Gasteiger partial charge in [-0.25, -0.2) is 0 Å². The lowest BCUT2D eigenvalue weighted by Gasteiger charge is -2.22. The molecule has 6 nitrogen and oxygen atoms in total. The van der Waals surface area contributed by atoms with Gasteiger partial charge in [-0.3, -0.25) is 9.59 Å². The van der Waals surface area contributed by atoms with Crippen LogP contribution in [0.1, 0.15) is 515 Å². The van der Waals surface area contributed by atoms with Crippen molar-refractivity contribution in [1.29, 1.82) is 0 Å². The minimum absolute atomic E-state index is 0.0174. The number of aliphatic hydroxyl groups excluding tert-OH is 2. The summed E-state index contributed by atoms with van der Waals surface area (Å²) in [5.41, 5.74) is 0. The first-order valence-electron chi connectivity index (χ1n) is 44.6. The van der Waals surface area contributed by atoms with Gasteiger partial charge < -0.3 is 20.3 Å². The number of carbonyl (C=O) groups excluding carboxylic acids is 2. The molecule has 0 rings (SSSR count). The number of esters is 1. The van der Waals surface area contributed by atoms with E-state index in [9.17, 15) is 19.8 Å². The highest BCUT2D eigenvalue weighted by Gasteiger charge is 2.20. The maximum absolute atomic E-state index is 12.6. The summed E-state index contributed by atoms with van der Waals surface area (Å²) in [6.45, 7) is 4.99. The van der Waals surface area contributed by atoms with Gasteiger partial charge in [0.2, 0.25) is 5.91 Å². The summed E-state index contributed by atoms with van der Waals surface area (Å²) in [5.74, 6) is -0.00502. The highest BCUT2D eigenvalue weighted by molar-refractivity contribution is 5.76. The first-order chi connectivity index (χ1) is 47.5. The first-order valence-corrected chi connectivity index (χ1v) is 44.6. The molecular formula is C90H175NO5. The zero-order valence-electron chi connectivity index (χ0n) is 65.7. The summed E-state index contributed by atoms with van der Waals surface area (Å²) in [6.07, 6.45) is 112. The summed E-state index contributed by atoms with van der Waals surface area (Å²) >= 11 is 0. The minimum atomic E-state index is -0.661. The van der Waals surface area contributed by atoms with E-state index >= 15 is 0 Å². The molecule has 0 saturated carbocycles. The SMILES string of the molecule is CCCCC/C=C\C/C=C\CCCCCCCCCC(=O)OCCCCCCCCCCCCCCCCCCCCCCCCCCCCCCCCCCCCCCCCCC(=O)NC(CO)C(O)CCCCCCCCCCCCCCCCCCCCCCCCC. The Balaban J connectivity index is 3.30. The van der Waals surface area contributed by atoms with Crippen molar-refractivity contribution in [2.75, 3.05) is 13.2 Å². The molecule has 0 aromatic rings. The lowest BCUT2D eigenvalue weighted by molar-refractivity contribution is -0.143. The smallest absolute Gasteiger partial charge is 0.305 e. The molecule has 1 amide bonds. The summed E-state index contributed by atoms with van der Waals surface area (Å²) in [4.78, 5) is 24.7. The van der Waals surface area contributed by atoms with Crippen LogP contribution in [0.15, 0.2) is 24.3 Å². The van der Waals surface area contributed by atoms with Gasteiger partial charge in [0, 0.05) is 12.8 Å². The molecule has 0 aliphatic rings. The zero-order valence-corrected chi connectivity index (χ0v) is 65.7. The summed E-state index contributed by atoms with van der Waals surface area (Å²) < 4.78 is 5.51. The zero-order chi connectivity index (χ0) is 69.1. The Bertz CT molecular complexity index is 1510. The number of nitrogens with one attached hydrogen (secondary N) is 1. The Labute approximate surface area is 602 Å². The summed E-state index contributed by atoms with van der Waals surface area (Å²) in [5, 5.41) is 23.5. The third kappa shape index (κ3) is 81.3. The number of amides is 1. The Morgan fingerprint density at radius 1 is 0.292 bits per heavy atom. The average molecular weight is 1350 g/mol. The Hall–Kier alpha value is -1.66. The summed E-state index contributed by atoms with van der Waals surface area (Å²) in [6, 6.07) is -0.538. The van der Waals surface area contributed by atoms with E-state index in [1.54, 1.807) is 0 Å². The fourth-order valence-corrected chi connectivity index (χ4v) is 14.5. The quantitative estimate of drug-likeness (QED) is 0.0320. The number of ether oxygens (including phenoxy) is 1. The molecule has 0 saturated heterocycles. The average Bonchev–Trinajstić information content (AvgIpc) is 3.15. The van der Waals surface area contributed by atoms with Gasteiger partial charge >= 0.3 is 5.97 Å². The van der Waals surface area contributed by atoms with Gasteiger partial charge in [-0.05, 0) is 57.8 Å². The lowest BCUT2D eigenvalue weighted by Crippen LogP contribution is -2.45. The van der Waals surface area contributed by atoms with Crippen molar-refractivity contribution < 1.29 is 24.5 Å². The van der Waals surface area contributed by atoms with E-state index < -0.39 is 12.1 Å². The van der Waals surface area contributed by atoms with Crippen LogP contribution in [-0.2, 0) is 14.3 Å². The maximum atomic E-state index is 12.6. The van der Waals surface area contributed by atoms with Gasteiger partial charge in [0.15, 0.2) is 0 Å². The second-order valence-electron chi connectivity index (χ2n) is 30.9. The van der Waals surface area contributed by atoms with E-state index in [0.29, 0.717) is 25.9 Å². The first kappa shape index (κ1) is 94.3. The van der Waals surface area contributed by atoms with Crippen LogP contribution < -0.4 is 5.32 Å². The Morgan fingerprint density at radius 2 is 0.521 bits per heavy atom. The van der Waals surface area contributed by atoms with Crippen LogP contribution in [0.2, 0.25) is 0 Å². The molecule has 2 unspecified atom stereocenters.